The van der Waals surface area contributed by atoms with Gasteiger partial charge in [0.15, 0.2) is 0 Å². The lowest BCUT2D eigenvalue weighted by Crippen LogP contribution is -2.34. The summed E-state index contributed by atoms with van der Waals surface area (Å²) in [6, 6.07) is 10.3. The topological polar surface area (TPSA) is 85.0 Å². The lowest BCUT2D eigenvalue weighted by molar-refractivity contribution is 0.0720. The first-order chi connectivity index (χ1) is 16.7. The number of methoxy groups -OCH3 is 1. The van der Waals surface area contributed by atoms with Gasteiger partial charge in [0.25, 0.3) is 17.4 Å². The SMILES string of the molecule is COc1cc(=O)n2c(c1C(=O)N(C)C(C)c1ccco1)CCN(C(=O)c1ccc(C)c(C)c1)CC2. The summed E-state index contributed by atoms with van der Waals surface area (Å²) in [6.45, 7) is 6.92. The van der Waals surface area contributed by atoms with E-state index in [1.807, 2.05) is 45.0 Å². The zero-order valence-electron chi connectivity index (χ0n) is 20.8. The quantitative estimate of drug-likeness (QED) is 0.561. The van der Waals surface area contributed by atoms with E-state index in [9.17, 15) is 14.4 Å². The summed E-state index contributed by atoms with van der Waals surface area (Å²) >= 11 is 0. The molecule has 8 heteroatoms. The van der Waals surface area contributed by atoms with Crippen molar-refractivity contribution >= 4 is 11.8 Å². The van der Waals surface area contributed by atoms with Crippen LogP contribution in [0.25, 0.3) is 0 Å². The molecule has 1 aromatic carbocycles. The molecule has 2 aromatic heterocycles. The Morgan fingerprint density at radius 2 is 1.86 bits per heavy atom. The van der Waals surface area contributed by atoms with Crippen LogP contribution in [0.3, 0.4) is 0 Å². The predicted octanol–water partition coefficient (Wildman–Crippen LogP) is 3.60. The highest BCUT2D eigenvalue weighted by Gasteiger charge is 2.30. The molecule has 184 valence electrons. The van der Waals surface area contributed by atoms with E-state index >= 15 is 0 Å². The first-order valence-corrected chi connectivity index (χ1v) is 11.7. The van der Waals surface area contributed by atoms with E-state index in [4.69, 9.17) is 9.15 Å². The molecular weight excluding hydrogens is 446 g/mol. The fraction of sp³-hybridized carbons (Fsp3) is 0.370. The van der Waals surface area contributed by atoms with Gasteiger partial charge in [-0.05, 0) is 56.2 Å². The standard InChI is InChI=1S/C27H31N3O5/c1-17-8-9-20(15-18(17)2)26(32)29-11-10-21-25(23(34-5)16-24(31)30(21)13-12-29)27(33)28(4)19(3)22-7-6-14-35-22/h6-9,14-16,19H,10-13H2,1-5H3. The Balaban J connectivity index is 1.67. The summed E-state index contributed by atoms with van der Waals surface area (Å²) in [5, 5.41) is 0. The monoisotopic (exact) mass is 477 g/mol. The molecule has 0 fully saturated rings. The van der Waals surface area contributed by atoms with E-state index < -0.39 is 0 Å². The number of amides is 2. The van der Waals surface area contributed by atoms with Gasteiger partial charge in [0.1, 0.15) is 17.1 Å². The minimum Gasteiger partial charge on any atom is -0.496 e. The van der Waals surface area contributed by atoms with Gasteiger partial charge in [-0.25, -0.2) is 0 Å². The molecule has 1 aliphatic rings. The van der Waals surface area contributed by atoms with E-state index in [0.29, 0.717) is 48.6 Å². The Morgan fingerprint density at radius 1 is 1.09 bits per heavy atom. The fourth-order valence-corrected chi connectivity index (χ4v) is 4.47. The van der Waals surface area contributed by atoms with E-state index in [0.717, 1.165) is 11.1 Å². The number of benzene rings is 1. The average Bonchev–Trinajstić information content (AvgIpc) is 3.30. The van der Waals surface area contributed by atoms with Crippen molar-refractivity contribution in [2.45, 2.75) is 39.8 Å². The van der Waals surface area contributed by atoms with Crippen molar-refractivity contribution in [3.63, 3.8) is 0 Å². The predicted molar refractivity (Wildman–Crippen MR) is 132 cm³/mol. The van der Waals surface area contributed by atoms with Crippen LogP contribution in [0.4, 0.5) is 0 Å². The number of carbonyl (C=O) groups is 2. The number of nitrogens with zero attached hydrogens (tertiary/aromatic N) is 3. The Labute approximate surface area is 204 Å². The molecule has 4 rings (SSSR count). The number of hydrogen-bond acceptors (Lipinski definition) is 5. The zero-order chi connectivity index (χ0) is 25.3. The first-order valence-electron chi connectivity index (χ1n) is 11.7. The van der Waals surface area contributed by atoms with Crippen molar-refractivity contribution in [3.05, 3.63) is 86.7 Å². The summed E-state index contributed by atoms with van der Waals surface area (Å²) < 4.78 is 12.6. The lowest BCUT2D eigenvalue weighted by atomic mass is 10.0. The number of pyridine rings is 1. The number of ether oxygens (including phenoxy) is 1. The third-order valence-electron chi connectivity index (χ3n) is 6.92. The molecule has 3 heterocycles. The van der Waals surface area contributed by atoms with Gasteiger partial charge < -0.3 is 23.5 Å². The number of hydrogen-bond donors (Lipinski definition) is 0. The van der Waals surface area contributed by atoms with Crippen molar-refractivity contribution in [1.82, 2.24) is 14.4 Å². The van der Waals surface area contributed by atoms with Gasteiger partial charge in [-0.2, -0.15) is 0 Å². The summed E-state index contributed by atoms with van der Waals surface area (Å²) in [5.74, 6) is 0.531. The molecule has 0 radical (unpaired) electrons. The number of furan rings is 1. The van der Waals surface area contributed by atoms with Gasteiger partial charge in [0, 0.05) is 50.4 Å². The molecule has 0 spiro atoms. The summed E-state index contributed by atoms with van der Waals surface area (Å²) in [5.41, 5.74) is 3.46. The number of fused-ring (bicyclic) bond motifs is 1. The molecular formula is C27H31N3O5. The highest BCUT2D eigenvalue weighted by Crippen LogP contribution is 2.28. The van der Waals surface area contributed by atoms with Crippen LogP contribution in [0.1, 0.15) is 56.3 Å². The zero-order valence-corrected chi connectivity index (χ0v) is 20.8. The van der Waals surface area contributed by atoms with Gasteiger partial charge in [-0.15, -0.1) is 0 Å². The van der Waals surface area contributed by atoms with Gasteiger partial charge in [-0.1, -0.05) is 6.07 Å². The molecule has 0 bridgehead atoms. The van der Waals surface area contributed by atoms with Crippen LogP contribution in [-0.2, 0) is 13.0 Å². The third kappa shape index (κ3) is 4.60. The Morgan fingerprint density at radius 3 is 2.51 bits per heavy atom. The Kier molecular flexibility index (Phi) is 6.82. The van der Waals surface area contributed by atoms with E-state index in [1.54, 1.807) is 33.7 Å². The summed E-state index contributed by atoms with van der Waals surface area (Å²) in [4.78, 5) is 43.2. The Hall–Kier alpha value is -3.81. The van der Waals surface area contributed by atoms with Crippen LogP contribution < -0.4 is 10.3 Å². The minimum atomic E-state index is -0.316. The maximum absolute atomic E-state index is 13.7. The highest BCUT2D eigenvalue weighted by atomic mass is 16.5. The van der Waals surface area contributed by atoms with Gasteiger partial charge >= 0.3 is 0 Å². The first kappa shape index (κ1) is 24.3. The molecule has 35 heavy (non-hydrogen) atoms. The lowest BCUT2D eigenvalue weighted by Gasteiger charge is -2.26. The molecule has 1 unspecified atom stereocenters. The number of rotatable bonds is 5. The number of carbonyl (C=O) groups excluding carboxylic acids is 2. The second-order valence-corrected chi connectivity index (χ2v) is 8.97. The van der Waals surface area contributed by atoms with Gasteiger partial charge in [0.2, 0.25) is 0 Å². The van der Waals surface area contributed by atoms with Crippen LogP contribution in [0, 0.1) is 13.8 Å². The molecule has 8 nitrogen and oxygen atoms in total. The van der Waals surface area contributed by atoms with Crippen LogP contribution in [0.15, 0.2) is 51.9 Å². The van der Waals surface area contributed by atoms with Crippen LogP contribution in [-0.4, -0.2) is 53.4 Å². The largest absolute Gasteiger partial charge is 0.496 e. The van der Waals surface area contributed by atoms with Crippen LogP contribution >= 0.6 is 0 Å². The number of aromatic nitrogens is 1. The molecule has 0 aliphatic carbocycles. The molecule has 2 amide bonds. The van der Waals surface area contributed by atoms with Crippen molar-refractivity contribution in [3.8, 4) is 5.75 Å². The van der Waals surface area contributed by atoms with Gasteiger partial charge in [-0.3, -0.25) is 14.4 Å². The van der Waals surface area contributed by atoms with E-state index in [2.05, 4.69) is 0 Å². The number of aryl methyl sites for hydroxylation is 2. The van der Waals surface area contributed by atoms with E-state index in [-0.39, 0.29) is 29.2 Å². The molecule has 0 saturated carbocycles. The second kappa shape index (κ2) is 9.82. The van der Waals surface area contributed by atoms with Crippen LogP contribution in [0.2, 0.25) is 0 Å². The summed E-state index contributed by atoms with van der Waals surface area (Å²) in [6.07, 6.45) is 1.92. The van der Waals surface area contributed by atoms with E-state index in [1.165, 1.54) is 13.2 Å². The maximum Gasteiger partial charge on any atom is 0.259 e. The Bertz CT molecular complexity index is 1310. The molecule has 1 aliphatic heterocycles. The smallest absolute Gasteiger partial charge is 0.259 e. The summed E-state index contributed by atoms with van der Waals surface area (Å²) in [7, 11) is 3.15. The van der Waals surface area contributed by atoms with Crippen molar-refractivity contribution in [1.29, 1.82) is 0 Å². The molecule has 3 aromatic rings. The molecule has 1 atom stereocenters. The third-order valence-corrected chi connectivity index (χ3v) is 6.92. The average molecular weight is 478 g/mol. The minimum absolute atomic E-state index is 0.0858. The highest BCUT2D eigenvalue weighted by molar-refractivity contribution is 5.98. The van der Waals surface area contributed by atoms with Crippen molar-refractivity contribution in [2.75, 3.05) is 27.2 Å². The van der Waals surface area contributed by atoms with Crippen molar-refractivity contribution < 1.29 is 18.7 Å². The molecule has 0 saturated heterocycles. The fourth-order valence-electron chi connectivity index (χ4n) is 4.47. The normalized spacial score (nSPS) is 14.1. The van der Waals surface area contributed by atoms with Crippen LogP contribution in [0.5, 0.6) is 5.75 Å². The maximum atomic E-state index is 13.7. The van der Waals surface area contributed by atoms with Crippen molar-refractivity contribution in [2.24, 2.45) is 0 Å². The second-order valence-electron chi connectivity index (χ2n) is 8.97. The van der Waals surface area contributed by atoms with Gasteiger partial charge in [0.05, 0.1) is 19.4 Å². The molecule has 0 N–H and O–H groups in total.